The lowest BCUT2D eigenvalue weighted by Gasteiger charge is -2.18. The summed E-state index contributed by atoms with van der Waals surface area (Å²) in [5, 5.41) is 6.22. The first kappa shape index (κ1) is 19.6. The van der Waals surface area contributed by atoms with Gasteiger partial charge < -0.3 is 4.90 Å². The minimum absolute atomic E-state index is 0.894. The second-order valence-corrected chi connectivity index (χ2v) is 7.21. The molecule has 5 heteroatoms. The molecule has 0 amide bonds. The maximum Gasteiger partial charge on any atom is 0.104 e. The van der Waals surface area contributed by atoms with Gasteiger partial charge in [-0.15, -0.1) is 0 Å². The van der Waals surface area contributed by atoms with E-state index in [0.29, 0.717) is 0 Å². The van der Waals surface area contributed by atoms with Gasteiger partial charge in [0.15, 0.2) is 0 Å². The molecule has 4 rings (SSSR count). The second-order valence-electron chi connectivity index (χ2n) is 6.15. The molecule has 0 bridgehead atoms. The fourth-order valence-electron chi connectivity index (χ4n) is 3.42. The number of aromatic nitrogens is 3. The van der Waals surface area contributed by atoms with E-state index in [9.17, 15) is 0 Å². The lowest BCUT2D eigenvalue weighted by Crippen LogP contribution is -2.27. The number of hydrogen-bond acceptors (Lipinski definition) is 4. The van der Waals surface area contributed by atoms with Crippen molar-refractivity contribution < 1.29 is 0 Å². The lowest BCUT2D eigenvalue weighted by molar-refractivity contribution is 0.287. The maximum absolute atomic E-state index is 4.98. The summed E-state index contributed by atoms with van der Waals surface area (Å²) < 4.78 is 2.15. The Morgan fingerprint density at radius 3 is 2.67 bits per heavy atom. The molecule has 0 N–H and O–H groups in total. The highest BCUT2D eigenvalue weighted by atomic mass is 32.2. The molecule has 0 fully saturated rings. The van der Waals surface area contributed by atoms with Crippen molar-refractivity contribution in [1.29, 1.82) is 0 Å². The second kappa shape index (κ2) is 8.72. The number of fused-ring (bicyclic) bond motifs is 2. The van der Waals surface area contributed by atoms with Crippen molar-refractivity contribution in [3.63, 3.8) is 0 Å². The van der Waals surface area contributed by atoms with Crippen LogP contribution in [0.15, 0.2) is 47.0 Å². The molecule has 0 saturated carbocycles. The maximum atomic E-state index is 4.98. The van der Waals surface area contributed by atoms with Crippen LogP contribution in [0.1, 0.15) is 33.3 Å². The van der Waals surface area contributed by atoms with Crippen LogP contribution < -0.4 is 0 Å². The number of pyridine rings is 1. The molecule has 0 saturated heterocycles. The molecule has 1 aliphatic heterocycles. The van der Waals surface area contributed by atoms with Crippen LogP contribution in [0.25, 0.3) is 28.2 Å². The van der Waals surface area contributed by atoms with E-state index in [2.05, 4.69) is 53.2 Å². The van der Waals surface area contributed by atoms with Crippen LogP contribution in [0.5, 0.6) is 0 Å². The molecule has 3 heterocycles. The molecular weight excluding hydrogens is 352 g/mol. The molecule has 142 valence electrons. The smallest absolute Gasteiger partial charge is 0.104 e. The van der Waals surface area contributed by atoms with Crippen LogP contribution in [-0.2, 0) is 6.54 Å². The number of nitrogens with zero attached hydrogens (tertiary/aromatic N) is 4. The molecule has 0 spiro atoms. The Hall–Kier alpha value is -2.11. The first-order valence-electron chi connectivity index (χ1n) is 9.77. The molecule has 0 atom stereocenters. The van der Waals surface area contributed by atoms with E-state index in [4.69, 9.17) is 5.10 Å². The number of likely N-dealkylation sites (N-methyl/N-ethyl adjacent to an activating group) is 1. The van der Waals surface area contributed by atoms with Crippen molar-refractivity contribution in [3.8, 4) is 11.3 Å². The fraction of sp³-hybridized carbons (Fsp3) is 0.364. The van der Waals surface area contributed by atoms with Crippen LogP contribution in [0.3, 0.4) is 0 Å². The summed E-state index contributed by atoms with van der Waals surface area (Å²) in [6, 6.07) is 6.41. The topological polar surface area (TPSA) is 34.0 Å². The minimum Gasteiger partial charge on any atom is -0.302 e. The molecule has 0 aliphatic carbocycles. The number of hydrogen-bond donors (Lipinski definition) is 0. The molecule has 1 aliphatic rings. The summed E-state index contributed by atoms with van der Waals surface area (Å²) in [6.45, 7) is 16.4. The van der Waals surface area contributed by atoms with Crippen LogP contribution in [0.4, 0.5) is 0 Å². The molecular formula is C22H28N4S. The largest absolute Gasteiger partial charge is 0.302 e. The van der Waals surface area contributed by atoms with Crippen molar-refractivity contribution in [1.82, 2.24) is 19.7 Å². The fourth-order valence-corrected chi connectivity index (χ4v) is 4.60. The van der Waals surface area contributed by atoms with Gasteiger partial charge >= 0.3 is 0 Å². The third-order valence-electron chi connectivity index (χ3n) is 4.89. The summed E-state index contributed by atoms with van der Waals surface area (Å²) in [6.07, 6.45) is 5.72. The predicted molar refractivity (Wildman–Crippen MR) is 116 cm³/mol. The average molecular weight is 381 g/mol. The van der Waals surface area contributed by atoms with E-state index < -0.39 is 0 Å². The minimum atomic E-state index is 0.894. The molecule has 0 radical (unpaired) electrons. The van der Waals surface area contributed by atoms with Gasteiger partial charge in [-0.25, -0.2) is 0 Å². The summed E-state index contributed by atoms with van der Waals surface area (Å²) >= 11 is 1.80. The SMILES string of the molecule is C=Cc1ccc2c3c(nn2CCN(CC)CC)-c2cnccc2Sc13.CC. The number of rotatable bonds is 6. The Labute approximate surface area is 166 Å². The normalized spacial score (nSPS) is 11.9. The van der Waals surface area contributed by atoms with Crippen molar-refractivity contribution >= 4 is 28.7 Å². The van der Waals surface area contributed by atoms with Gasteiger partial charge in [0, 0.05) is 39.7 Å². The van der Waals surface area contributed by atoms with Gasteiger partial charge in [-0.3, -0.25) is 9.67 Å². The summed E-state index contributed by atoms with van der Waals surface area (Å²) in [5.74, 6) is 0. The summed E-state index contributed by atoms with van der Waals surface area (Å²) in [5.41, 5.74) is 4.55. The van der Waals surface area contributed by atoms with E-state index in [1.807, 2.05) is 32.3 Å². The van der Waals surface area contributed by atoms with Crippen molar-refractivity contribution in [2.75, 3.05) is 19.6 Å². The average Bonchev–Trinajstić information content (AvgIpc) is 3.11. The first-order valence-corrected chi connectivity index (χ1v) is 10.6. The third-order valence-corrected chi connectivity index (χ3v) is 6.11. The molecule has 3 aromatic rings. The quantitative estimate of drug-likeness (QED) is 0.438. The molecule has 0 unspecified atom stereocenters. The third kappa shape index (κ3) is 3.54. The van der Waals surface area contributed by atoms with Gasteiger partial charge in [0.05, 0.1) is 12.1 Å². The van der Waals surface area contributed by atoms with E-state index in [0.717, 1.165) is 37.4 Å². The van der Waals surface area contributed by atoms with Crippen LogP contribution >= 0.6 is 11.8 Å². The highest BCUT2D eigenvalue weighted by Crippen LogP contribution is 2.48. The van der Waals surface area contributed by atoms with Crippen LogP contribution in [-0.4, -0.2) is 39.3 Å². The molecule has 27 heavy (non-hydrogen) atoms. The van der Waals surface area contributed by atoms with E-state index >= 15 is 0 Å². The van der Waals surface area contributed by atoms with E-state index in [1.54, 1.807) is 11.8 Å². The Morgan fingerprint density at radius 2 is 1.96 bits per heavy atom. The van der Waals surface area contributed by atoms with Gasteiger partial charge in [0.1, 0.15) is 5.69 Å². The Bertz CT molecular complexity index is 941. The monoisotopic (exact) mass is 380 g/mol. The van der Waals surface area contributed by atoms with Gasteiger partial charge in [-0.2, -0.15) is 5.10 Å². The van der Waals surface area contributed by atoms with Gasteiger partial charge in [0.25, 0.3) is 0 Å². The van der Waals surface area contributed by atoms with Gasteiger partial charge in [-0.1, -0.05) is 58.2 Å². The van der Waals surface area contributed by atoms with Crippen molar-refractivity contribution in [2.45, 2.75) is 44.0 Å². The summed E-state index contributed by atoms with van der Waals surface area (Å²) in [7, 11) is 0. The molecule has 2 aromatic heterocycles. The van der Waals surface area contributed by atoms with Crippen LogP contribution in [0, 0.1) is 0 Å². The number of benzene rings is 1. The zero-order valence-electron chi connectivity index (χ0n) is 16.7. The van der Waals surface area contributed by atoms with Crippen molar-refractivity contribution in [3.05, 3.63) is 42.7 Å². The van der Waals surface area contributed by atoms with Gasteiger partial charge in [0.2, 0.25) is 0 Å². The lowest BCUT2D eigenvalue weighted by atomic mass is 10.1. The highest BCUT2D eigenvalue weighted by molar-refractivity contribution is 7.99. The Morgan fingerprint density at radius 1 is 1.19 bits per heavy atom. The standard InChI is InChI=1S/C20H22N4S.C2H6/c1-4-14-7-8-16-18-19(22-24(16)12-11-23(5-2)6-3)15-13-21-10-9-17(15)25-20(14)18;1-2/h4,7-10,13H,1,5-6,11-12H2,2-3H3;1-2H3. The van der Waals surface area contributed by atoms with Crippen molar-refractivity contribution in [2.24, 2.45) is 0 Å². The van der Waals surface area contributed by atoms with E-state index in [-0.39, 0.29) is 0 Å². The van der Waals surface area contributed by atoms with E-state index in [1.165, 1.54) is 26.3 Å². The molecule has 4 nitrogen and oxygen atoms in total. The zero-order chi connectivity index (χ0) is 19.4. The van der Waals surface area contributed by atoms with Crippen LogP contribution in [0.2, 0.25) is 0 Å². The predicted octanol–water partition coefficient (Wildman–Crippen LogP) is 5.57. The molecule has 1 aromatic carbocycles. The Kier molecular flexibility index (Phi) is 6.34. The zero-order valence-corrected chi connectivity index (χ0v) is 17.5. The Balaban J connectivity index is 0.00000102. The summed E-state index contributed by atoms with van der Waals surface area (Å²) in [4.78, 5) is 9.22. The first-order chi connectivity index (χ1) is 13.3. The van der Waals surface area contributed by atoms with Gasteiger partial charge in [-0.05, 0) is 30.8 Å². The highest BCUT2D eigenvalue weighted by Gasteiger charge is 2.25.